The van der Waals surface area contributed by atoms with Crippen LogP contribution in [-0.2, 0) is 22.5 Å². The molecule has 2 atom stereocenters. The van der Waals surface area contributed by atoms with Gasteiger partial charge in [0, 0.05) is 18.5 Å². The third-order valence-electron chi connectivity index (χ3n) is 4.53. The molecule has 2 heterocycles. The van der Waals surface area contributed by atoms with Gasteiger partial charge >= 0.3 is 5.97 Å². The average molecular weight is 328 g/mol. The minimum Gasteiger partial charge on any atom is -0.464 e. The van der Waals surface area contributed by atoms with E-state index in [1.165, 1.54) is 0 Å². The number of rotatable bonds is 4. The first kappa shape index (κ1) is 16.7. The number of hydrogen-bond acceptors (Lipinski definition) is 4. The molecule has 5 heteroatoms. The van der Waals surface area contributed by atoms with Gasteiger partial charge in [0.25, 0.3) is 0 Å². The highest BCUT2D eigenvalue weighted by molar-refractivity contribution is 5.79. The van der Waals surface area contributed by atoms with Gasteiger partial charge in [-0.2, -0.15) is 0 Å². The molecule has 1 aromatic carbocycles. The van der Waals surface area contributed by atoms with Crippen molar-refractivity contribution in [2.24, 2.45) is 5.92 Å². The van der Waals surface area contributed by atoms with Gasteiger partial charge in [0.2, 0.25) is 0 Å². The largest absolute Gasteiger partial charge is 0.464 e. The number of nitrogens with zero attached hydrogens (tertiary/aromatic N) is 2. The zero-order valence-corrected chi connectivity index (χ0v) is 14.5. The molecule has 0 spiro atoms. The summed E-state index contributed by atoms with van der Waals surface area (Å²) < 4.78 is 7.03. The van der Waals surface area contributed by atoms with Crippen molar-refractivity contribution in [1.29, 1.82) is 0 Å². The van der Waals surface area contributed by atoms with E-state index in [0.29, 0.717) is 17.3 Å². The number of benzene rings is 1. The van der Waals surface area contributed by atoms with E-state index in [-0.39, 0.29) is 6.61 Å². The van der Waals surface area contributed by atoms with E-state index in [1.54, 1.807) is 6.92 Å². The minimum absolute atomic E-state index is 0.243. The molecular weight excluding hydrogens is 304 g/mol. The molecule has 2 aromatic rings. The second-order valence-electron chi connectivity index (χ2n) is 6.54. The Balaban J connectivity index is 2.11. The topological polar surface area (TPSA) is 64.3 Å². The maximum atomic E-state index is 12.1. The van der Waals surface area contributed by atoms with Crippen molar-refractivity contribution in [3.05, 3.63) is 41.3 Å². The SMILES string of the molecule is CCOC(=O)C(O)c1c(-c2ccc(C)cc2)nc2n1CC(C)CC2. The number of carbonyl (C=O) groups excluding carboxylic acids is 1. The second kappa shape index (κ2) is 6.77. The maximum Gasteiger partial charge on any atom is 0.341 e. The van der Waals surface area contributed by atoms with E-state index in [4.69, 9.17) is 9.72 Å². The maximum absolute atomic E-state index is 12.1. The monoisotopic (exact) mass is 328 g/mol. The van der Waals surface area contributed by atoms with Crippen LogP contribution in [0.3, 0.4) is 0 Å². The number of aryl methyl sites for hydroxylation is 2. The quantitative estimate of drug-likeness (QED) is 0.876. The summed E-state index contributed by atoms with van der Waals surface area (Å²) >= 11 is 0. The first-order valence-electron chi connectivity index (χ1n) is 8.52. The molecule has 3 rings (SSSR count). The number of aliphatic hydroxyl groups is 1. The van der Waals surface area contributed by atoms with E-state index in [9.17, 15) is 9.90 Å². The predicted molar refractivity (Wildman–Crippen MR) is 91.5 cm³/mol. The van der Waals surface area contributed by atoms with Crippen molar-refractivity contribution in [2.75, 3.05) is 6.61 Å². The fourth-order valence-corrected chi connectivity index (χ4v) is 3.22. The number of ether oxygens (including phenoxy) is 1. The van der Waals surface area contributed by atoms with Crippen LogP contribution in [0.5, 0.6) is 0 Å². The molecule has 0 saturated heterocycles. The standard InChI is InChI=1S/C19H24N2O3/c1-4-24-19(23)18(22)17-16(14-8-5-12(2)6-9-14)20-15-10-7-13(3)11-21(15)17/h5-6,8-9,13,18,22H,4,7,10-11H2,1-3H3. The summed E-state index contributed by atoms with van der Waals surface area (Å²) in [5.74, 6) is 0.805. The van der Waals surface area contributed by atoms with Crippen molar-refractivity contribution in [3.63, 3.8) is 0 Å². The number of esters is 1. The van der Waals surface area contributed by atoms with Gasteiger partial charge < -0.3 is 14.4 Å². The van der Waals surface area contributed by atoms with Gasteiger partial charge in [-0.25, -0.2) is 9.78 Å². The van der Waals surface area contributed by atoms with Crippen LogP contribution in [0, 0.1) is 12.8 Å². The Morgan fingerprint density at radius 1 is 1.42 bits per heavy atom. The molecule has 1 aliphatic heterocycles. The molecule has 1 aliphatic rings. The first-order valence-corrected chi connectivity index (χ1v) is 8.52. The Morgan fingerprint density at radius 2 is 2.12 bits per heavy atom. The lowest BCUT2D eigenvalue weighted by atomic mass is 10.0. The molecule has 1 aromatic heterocycles. The van der Waals surface area contributed by atoms with Crippen LogP contribution >= 0.6 is 0 Å². The van der Waals surface area contributed by atoms with E-state index in [0.717, 1.165) is 36.3 Å². The average Bonchev–Trinajstić information content (AvgIpc) is 2.93. The van der Waals surface area contributed by atoms with Crippen LogP contribution in [0.1, 0.15) is 43.5 Å². The number of fused-ring (bicyclic) bond motifs is 1. The van der Waals surface area contributed by atoms with E-state index in [1.807, 2.05) is 35.8 Å². The first-order chi connectivity index (χ1) is 11.5. The highest BCUT2D eigenvalue weighted by atomic mass is 16.5. The molecular formula is C19H24N2O3. The summed E-state index contributed by atoms with van der Waals surface area (Å²) in [4.78, 5) is 16.9. The molecule has 0 bridgehead atoms. The van der Waals surface area contributed by atoms with Crippen LogP contribution in [0.4, 0.5) is 0 Å². The predicted octanol–water partition coefficient (Wildman–Crippen LogP) is 3.04. The second-order valence-corrected chi connectivity index (χ2v) is 6.54. The molecule has 0 aliphatic carbocycles. The molecule has 0 amide bonds. The van der Waals surface area contributed by atoms with Gasteiger partial charge in [-0.3, -0.25) is 0 Å². The van der Waals surface area contributed by atoms with Gasteiger partial charge in [-0.05, 0) is 26.2 Å². The van der Waals surface area contributed by atoms with Crippen molar-refractivity contribution >= 4 is 5.97 Å². The van der Waals surface area contributed by atoms with Gasteiger partial charge in [0.05, 0.1) is 18.0 Å². The van der Waals surface area contributed by atoms with E-state index >= 15 is 0 Å². The summed E-state index contributed by atoms with van der Waals surface area (Å²) in [5.41, 5.74) is 3.30. The number of hydrogen-bond donors (Lipinski definition) is 1. The van der Waals surface area contributed by atoms with Crippen molar-refractivity contribution in [3.8, 4) is 11.3 Å². The van der Waals surface area contributed by atoms with Crippen LogP contribution in [0.15, 0.2) is 24.3 Å². The summed E-state index contributed by atoms with van der Waals surface area (Å²) in [6.45, 7) is 6.94. The minimum atomic E-state index is -1.31. The molecule has 0 saturated carbocycles. The molecule has 2 unspecified atom stereocenters. The molecule has 0 fully saturated rings. The highest BCUT2D eigenvalue weighted by Gasteiger charge is 2.31. The number of aliphatic hydroxyl groups excluding tert-OH is 1. The lowest BCUT2D eigenvalue weighted by molar-refractivity contribution is -0.153. The lowest BCUT2D eigenvalue weighted by Gasteiger charge is -2.23. The Hall–Kier alpha value is -2.14. The summed E-state index contributed by atoms with van der Waals surface area (Å²) in [7, 11) is 0. The van der Waals surface area contributed by atoms with Crippen LogP contribution in [-0.4, -0.2) is 27.2 Å². The fraction of sp³-hybridized carbons (Fsp3) is 0.474. The van der Waals surface area contributed by atoms with E-state index in [2.05, 4.69) is 6.92 Å². The zero-order chi connectivity index (χ0) is 17.3. The normalized spacial score (nSPS) is 18.1. The molecule has 1 N–H and O–H groups in total. The molecule has 128 valence electrons. The van der Waals surface area contributed by atoms with Crippen molar-refractivity contribution in [1.82, 2.24) is 9.55 Å². The highest BCUT2D eigenvalue weighted by Crippen LogP contribution is 2.33. The van der Waals surface area contributed by atoms with Crippen LogP contribution < -0.4 is 0 Å². The van der Waals surface area contributed by atoms with Gasteiger partial charge in [-0.1, -0.05) is 36.8 Å². The Morgan fingerprint density at radius 3 is 2.79 bits per heavy atom. The Kier molecular flexibility index (Phi) is 4.71. The smallest absolute Gasteiger partial charge is 0.341 e. The van der Waals surface area contributed by atoms with E-state index < -0.39 is 12.1 Å². The van der Waals surface area contributed by atoms with Gasteiger partial charge in [0.1, 0.15) is 5.82 Å². The molecule has 0 radical (unpaired) electrons. The summed E-state index contributed by atoms with van der Waals surface area (Å²) in [6, 6.07) is 7.98. The Bertz CT molecular complexity index is 734. The molecule has 24 heavy (non-hydrogen) atoms. The fourth-order valence-electron chi connectivity index (χ4n) is 3.22. The number of imidazole rings is 1. The summed E-state index contributed by atoms with van der Waals surface area (Å²) in [5, 5.41) is 10.6. The summed E-state index contributed by atoms with van der Waals surface area (Å²) in [6.07, 6.45) is 0.613. The van der Waals surface area contributed by atoms with Gasteiger partial charge in [0.15, 0.2) is 6.10 Å². The molecule has 5 nitrogen and oxygen atoms in total. The van der Waals surface area contributed by atoms with Crippen molar-refractivity contribution < 1.29 is 14.6 Å². The van der Waals surface area contributed by atoms with Gasteiger partial charge in [-0.15, -0.1) is 0 Å². The third kappa shape index (κ3) is 3.08. The van der Waals surface area contributed by atoms with Crippen LogP contribution in [0.2, 0.25) is 0 Å². The number of carbonyl (C=O) groups is 1. The lowest BCUT2D eigenvalue weighted by Crippen LogP contribution is -2.24. The van der Waals surface area contributed by atoms with Crippen molar-refractivity contribution in [2.45, 2.75) is 46.3 Å². The Labute approximate surface area is 142 Å². The number of aromatic nitrogens is 2. The third-order valence-corrected chi connectivity index (χ3v) is 4.53. The zero-order valence-electron chi connectivity index (χ0n) is 14.5. The van der Waals surface area contributed by atoms with Crippen LogP contribution in [0.25, 0.3) is 11.3 Å².